The number of hydrogen-bond donors (Lipinski definition) is 1. The molecular formula is C24H19BrN4O. The van der Waals surface area contributed by atoms with Crippen LogP contribution in [0.4, 0.5) is 5.95 Å². The van der Waals surface area contributed by atoms with Gasteiger partial charge in [0, 0.05) is 28.2 Å². The van der Waals surface area contributed by atoms with E-state index in [9.17, 15) is 5.11 Å². The Morgan fingerprint density at radius 2 is 1.43 bits per heavy atom. The van der Waals surface area contributed by atoms with Crippen molar-refractivity contribution in [3.63, 3.8) is 0 Å². The molecule has 0 radical (unpaired) electrons. The summed E-state index contributed by atoms with van der Waals surface area (Å²) in [5.74, 6) is 0.630. The number of nitrogens with zero attached hydrogens (tertiary/aromatic N) is 4. The molecule has 0 aliphatic carbocycles. The molecule has 0 amide bonds. The molecule has 0 saturated carbocycles. The second kappa shape index (κ2) is 8.88. The maximum atomic E-state index is 9.96. The van der Waals surface area contributed by atoms with Crippen LogP contribution in [0.5, 0.6) is 5.75 Å². The first-order valence-corrected chi connectivity index (χ1v) is 10.2. The van der Waals surface area contributed by atoms with Crippen molar-refractivity contribution in [3.8, 4) is 28.3 Å². The first kappa shape index (κ1) is 19.8. The first-order valence-electron chi connectivity index (χ1n) is 9.36. The lowest BCUT2D eigenvalue weighted by Crippen LogP contribution is -2.13. The van der Waals surface area contributed by atoms with Crippen LogP contribution in [0.1, 0.15) is 5.56 Å². The Labute approximate surface area is 183 Å². The SMILES string of the molecule is CN(/N=C/c1ccccc1O)c1nc(-c2ccccc2)cc(-c2ccc(Br)cc2)n1. The predicted molar refractivity (Wildman–Crippen MR) is 125 cm³/mol. The highest BCUT2D eigenvalue weighted by Gasteiger charge is 2.11. The topological polar surface area (TPSA) is 61.6 Å². The number of halogens is 1. The Morgan fingerprint density at radius 3 is 2.10 bits per heavy atom. The zero-order valence-electron chi connectivity index (χ0n) is 16.3. The molecule has 4 aromatic rings. The number of phenolic OH excluding ortho intramolecular Hbond substituents is 1. The third kappa shape index (κ3) is 4.55. The van der Waals surface area contributed by atoms with E-state index in [0.717, 1.165) is 27.0 Å². The third-order valence-corrected chi connectivity index (χ3v) is 5.05. The summed E-state index contributed by atoms with van der Waals surface area (Å²) in [4.78, 5) is 9.43. The van der Waals surface area contributed by atoms with Crippen LogP contribution < -0.4 is 5.01 Å². The number of phenols is 1. The molecule has 5 nitrogen and oxygen atoms in total. The van der Waals surface area contributed by atoms with Gasteiger partial charge in [0.05, 0.1) is 17.6 Å². The lowest BCUT2D eigenvalue weighted by atomic mass is 10.1. The van der Waals surface area contributed by atoms with E-state index in [1.54, 1.807) is 36.5 Å². The summed E-state index contributed by atoms with van der Waals surface area (Å²) < 4.78 is 1.01. The number of para-hydroxylation sites is 1. The molecule has 3 aromatic carbocycles. The van der Waals surface area contributed by atoms with E-state index in [1.165, 1.54) is 0 Å². The van der Waals surface area contributed by atoms with Crippen LogP contribution in [-0.2, 0) is 0 Å². The molecule has 0 spiro atoms. The van der Waals surface area contributed by atoms with Crippen LogP contribution in [0.3, 0.4) is 0 Å². The van der Waals surface area contributed by atoms with Gasteiger partial charge in [-0.1, -0.05) is 70.5 Å². The minimum absolute atomic E-state index is 0.171. The molecule has 6 heteroatoms. The van der Waals surface area contributed by atoms with Crippen molar-refractivity contribution < 1.29 is 5.11 Å². The van der Waals surface area contributed by atoms with Crippen molar-refractivity contribution in [2.45, 2.75) is 0 Å². The smallest absolute Gasteiger partial charge is 0.247 e. The van der Waals surface area contributed by atoms with Gasteiger partial charge < -0.3 is 5.11 Å². The van der Waals surface area contributed by atoms with Crippen molar-refractivity contribution in [1.82, 2.24) is 9.97 Å². The molecule has 1 N–H and O–H groups in total. The van der Waals surface area contributed by atoms with Gasteiger partial charge in [0.25, 0.3) is 0 Å². The van der Waals surface area contributed by atoms with Crippen molar-refractivity contribution in [3.05, 3.63) is 95.0 Å². The molecule has 148 valence electrons. The second-order valence-electron chi connectivity index (χ2n) is 6.64. The fourth-order valence-corrected chi connectivity index (χ4v) is 3.17. The molecule has 0 atom stereocenters. The van der Waals surface area contributed by atoms with Gasteiger partial charge in [0.2, 0.25) is 5.95 Å². The summed E-state index contributed by atoms with van der Waals surface area (Å²) >= 11 is 3.47. The predicted octanol–water partition coefficient (Wildman–Crippen LogP) is 5.75. The van der Waals surface area contributed by atoms with Gasteiger partial charge in [-0.15, -0.1) is 0 Å². The number of aromatic hydroxyl groups is 1. The van der Waals surface area contributed by atoms with Crippen molar-refractivity contribution in [2.24, 2.45) is 5.10 Å². The van der Waals surface area contributed by atoms with Crippen molar-refractivity contribution in [2.75, 3.05) is 12.1 Å². The van der Waals surface area contributed by atoms with Crippen LogP contribution in [0.25, 0.3) is 22.5 Å². The lowest BCUT2D eigenvalue weighted by molar-refractivity contribution is 0.474. The largest absolute Gasteiger partial charge is 0.507 e. The number of hydrogen-bond acceptors (Lipinski definition) is 5. The quantitative estimate of drug-likeness (QED) is 0.305. The Hall–Kier alpha value is -3.51. The Bertz CT molecular complexity index is 1180. The highest BCUT2D eigenvalue weighted by atomic mass is 79.9. The van der Waals surface area contributed by atoms with Gasteiger partial charge in [-0.25, -0.2) is 15.0 Å². The van der Waals surface area contributed by atoms with E-state index >= 15 is 0 Å². The monoisotopic (exact) mass is 458 g/mol. The molecule has 4 rings (SSSR count). The minimum Gasteiger partial charge on any atom is -0.507 e. The standard InChI is InChI=1S/C24H19BrN4O/c1-29(26-16-19-9-5-6-10-23(19)30)24-27-21(17-7-3-2-4-8-17)15-22(28-24)18-11-13-20(25)14-12-18/h2-16,30H,1H3/b26-16+. The van der Waals surface area contributed by atoms with Gasteiger partial charge in [0.1, 0.15) is 5.75 Å². The molecule has 1 aromatic heterocycles. The lowest BCUT2D eigenvalue weighted by Gasteiger charge is -2.14. The average molecular weight is 459 g/mol. The van der Waals surface area contributed by atoms with E-state index in [4.69, 9.17) is 9.97 Å². The highest BCUT2D eigenvalue weighted by Crippen LogP contribution is 2.27. The third-order valence-electron chi connectivity index (χ3n) is 4.52. The molecule has 30 heavy (non-hydrogen) atoms. The number of anilines is 1. The maximum Gasteiger partial charge on any atom is 0.247 e. The molecule has 0 aliphatic heterocycles. The van der Waals surface area contributed by atoms with Crippen molar-refractivity contribution in [1.29, 1.82) is 0 Å². The normalized spacial score (nSPS) is 11.0. The van der Waals surface area contributed by atoms with Crippen LogP contribution in [0.15, 0.2) is 94.5 Å². The zero-order chi connectivity index (χ0) is 20.9. The summed E-state index contributed by atoms with van der Waals surface area (Å²) in [6.07, 6.45) is 1.59. The molecule has 0 bridgehead atoms. The Morgan fingerprint density at radius 1 is 0.833 bits per heavy atom. The van der Waals surface area contributed by atoms with Crippen LogP contribution in [0, 0.1) is 0 Å². The molecule has 0 saturated heterocycles. The fourth-order valence-electron chi connectivity index (χ4n) is 2.90. The molecule has 0 unspecified atom stereocenters. The van der Waals surface area contributed by atoms with E-state index in [1.807, 2.05) is 66.7 Å². The number of hydrazone groups is 1. The van der Waals surface area contributed by atoms with Crippen LogP contribution in [-0.4, -0.2) is 28.3 Å². The second-order valence-corrected chi connectivity index (χ2v) is 7.55. The van der Waals surface area contributed by atoms with Crippen molar-refractivity contribution >= 4 is 28.1 Å². The van der Waals surface area contributed by atoms with E-state index in [-0.39, 0.29) is 5.75 Å². The summed E-state index contributed by atoms with van der Waals surface area (Å²) in [7, 11) is 1.78. The fraction of sp³-hybridized carbons (Fsp3) is 0.0417. The molecule has 0 fully saturated rings. The van der Waals surface area contributed by atoms with Gasteiger partial charge in [-0.3, -0.25) is 0 Å². The summed E-state index contributed by atoms with van der Waals surface area (Å²) in [5.41, 5.74) is 4.21. The van der Waals surface area contributed by atoms with Gasteiger partial charge in [-0.2, -0.15) is 5.10 Å². The Kier molecular flexibility index (Phi) is 5.86. The maximum absolute atomic E-state index is 9.96. The minimum atomic E-state index is 0.171. The van der Waals surface area contributed by atoms with E-state index in [2.05, 4.69) is 21.0 Å². The highest BCUT2D eigenvalue weighted by molar-refractivity contribution is 9.10. The average Bonchev–Trinajstić information content (AvgIpc) is 2.79. The van der Waals surface area contributed by atoms with E-state index < -0.39 is 0 Å². The first-order chi connectivity index (χ1) is 14.6. The number of benzene rings is 3. The Balaban J connectivity index is 1.75. The summed E-state index contributed by atoms with van der Waals surface area (Å²) in [6, 6.07) is 27.0. The van der Waals surface area contributed by atoms with Gasteiger partial charge in [-0.05, 0) is 30.3 Å². The molecule has 0 aliphatic rings. The van der Waals surface area contributed by atoms with E-state index in [0.29, 0.717) is 11.5 Å². The summed E-state index contributed by atoms with van der Waals surface area (Å²) in [5, 5.41) is 16.0. The van der Waals surface area contributed by atoms with Gasteiger partial charge in [0.15, 0.2) is 0 Å². The van der Waals surface area contributed by atoms with Crippen LogP contribution >= 0.6 is 15.9 Å². The van der Waals surface area contributed by atoms with Crippen LogP contribution in [0.2, 0.25) is 0 Å². The summed E-state index contributed by atoms with van der Waals surface area (Å²) in [6.45, 7) is 0. The zero-order valence-corrected chi connectivity index (χ0v) is 17.9. The molecule has 1 heterocycles. The number of rotatable bonds is 5. The molecular weight excluding hydrogens is 440 g/mol. The number of aromatic nitrogens is 2. The van der Waals surface area contributed by atoms with Gasteiger partial charge >= 0.3 is 0 Å².